The van der Waals surface area contributed by atoms with Gasteiger partial charge in [0, 0.05) is 28.7 Å². The molecule has 1 aliphatic rings. The van der Waals surface area contributed by atoms with Crippen LogP contribution in [0.2, 0.25) is 5.02 Å². The van der Waals surface area contributed by atoms with Gasteiger partial charge in [0.05, 0.1) is 23.7 Å². The molecule has 0 radical (unpaired) electrons. The van der Waals surface area contributed by atoms with Crippen LogP contribution < -0.4 is 10.2 Å². The second kappa shape index (κ2) is 7.77. The Morgan fingerprint density at radius 2 is 1.93 bits per heavy atom. The SMILES string of the molecule is O=C1C[C@@H](NCCc2c[nH]c3ccc(Cl)cc23)C(=O)N1c1ccccc1C(F)(F)F. The number of nitrogens with one attached hydrogen (secondary N) is 2. The first-order valence-corrected chi connectivity index (χ1v) is 9.65. The molecule has 3 aromatic rings. The smallest absolute Gasteiger partial charge is 0.361 e. The van der Waals surface area contributed by atoms with Crippen molar-refractivity contribution >= 4 is 40.0 Å². The van der Waals surface area contributed by atoms with E-state index in [-0.39, 0.29) is 6.42 Å². The molecule has 1 aliphatic heterocycles. The summed E-state index contributed by atoms with van der Waals surface area (Å²) >= 11 is 6.04. The number of para-hydroxylation sites is 1. The quantitative estimate of drug-likeness (QED) is 0.587. The van der Waals surface area contributed by atoms with Gasteiger partial charge in [0.25, 0.3) is 5.91 Å². The summed E-state index contributed by atoms with van der Waals surface area (Å²) in [7, 11) is 0. The number of carbonyl (C=O) groups is 2. The number of benzene rings is 2. The molecule has 0 unspecified atom stereocenters. The number of rotatable bonds is 5. The Morgan fingerprint density at radius 1 is 1.17 bits per heavy atom. The largest absolute Gasteiger partial charge is 0.418 e. The number of aromatic amines is 1. The van der Waals surface area contributed by atoms with Gasteiger partial charge < -0.3 is 10.3 Å². The lowest BCUT2D eigenvalue weighted by molar-refractivity contribution is -0.137. The normalized spacial score (nSPS) is 17.3. The molecule has 0 spiro atoms. The number of aromatic nitrogens is 1. The van der Waals surface area contributed by atoms with Gasteiger partial charge in [0.15, 0.2) is 0 Å². The van der Waals surface area contributed by atoms with Crippen LogP contribution in [0.25, 0.3) is 10.9 Å². The zero-order valence-corrected chi connectivity index (χ0v) is 16.3. The Balaban J connectivity index is 1.47. The molecule has 2 aromatic carbocycles. The maximum Gasteiger partial charge on any atom is 0.418 e. The van der Waals surface area contributed by atoms with Crippen LogP contribution in [0.3, 0.4) is 0 Å². The first-order valence-electron chi connectivity index (χ1n) is 9.27. The molecule has 2 amide bonds. The fourth-order valence-corrected chi connectivity index (χ4v) is 3.86. The number of fused-ring (bicyclic) bond motifs is 1. The predicted octanol–water partition coefficient (Wildman–Crippen LogP) is 4.30. The third-order valence-corrected chi connectivity index (χ3v) is 5.35. The van der Waals surface area contributed by atoms with Crippen molar-refractivity contribution in [1.82, 2.24) is 10.3 Å². The first-order chi connectivity index (χ1) is 14.3. The van der Waals surface area contributed by atoms with Crippen molar-refractivity contribution < 1.29 is 22.8 Å². The Morgan fingerprint density at radius 3 is 2.70 bits per heavy atom. The Hall–Kier alpha value is -2.84. The van der Waals surface area contributed by atoms with Crippen LogP contribution in [0, 0.1) is 0 Å². The number of carbonyl (C=O) groups excluding carboxylic acids is 2. The van der Waals surface area contributed by atoms with E-state index in [4.69, 9.17) is 11.6 Å². The second-order valence-corrected chi connectivity index (χ2v) is 7.48. The molecule has 0 aliphatic carbocycles. The first kappa shape index (κ1) is 20.4. The van der Waals surface area contributed by atoms with Crippen LogP contribution >= 0.6 is 11.6 Å². The van der Waals surface area contributed by atoms with Crippen LogP contribution in [0.15, 0.2) is 48.7 Å². The highest BCUT2D eigenvalue weighted by Crippen LogP contribution is 2.38. The van der Waals surface area contributed by atoms with Crippen LogP contribution in [0.1, 0.15) is 17.5 Å². The lowest BCUT2D eigenvalue weighted by Gasteiger charge is -2.20. The Bertz CT molecular complexity index is 1130. The van der Waals surface area contributed by atoms with Crippen LogP contribution in [-0.4, -0.2) is 29.4 Å². The number of anilines is 1. The van der Waals surface area contributed by atoms with Gasteiger partial charge in [-0.1, -0.05) is 23.7 Å². The van der Waals surface area contributed by atoms with Crippen LogP contribution in [0.5, 0.6) is 0 Å². The molecule has 9 heteroatoms. The summed E-state index contributed by atoms with van der Waals surface area (Å²) in [6.07, 6.45) is -2.46. The Kier molecular flexibility index (Phi) is 5.29. The Labute approximate surface area is 174 Å². The van der Waals surface area contributed by atoms with Crippen molar-refractivity contribution in [3.05, 3.63) is 64.8 Å². The number of imide groups is 1. The van der Waals surface area contributed by atoms with Crippen molar-refractivity contribution in [3.8, 4) is 0 Å². The van der Waals surface area contributed by atoms with Gasteiger partial charge >= 0.3 is 6.18 Å². The molecule has 0 bridgehead atoms. The van der Waals surface area contributed by atoms with Crippen molar-refractivity contribution in [1.29, 1.82) is 0 Å². The highest BCUT2D eigenvalue weighted by atomic mass is 35.5. The molecule has 30 heavy (non-hydrogen) atoms. The molecule has 1 atom stereocenters. The lowest BCUT2D eigenvalue weighted by Crippen LogP contribution is -2.40. The van der Waals surface area contributed by atoms with Gasteiger partial charge in [0.1, 0.15) is 0 Å². The number of alkyl halides is 3. The summed E-state index contributed by atoms with van der Waals surface area (Å²) in [5.74, 6) is -1.34. The standard InChI is InChI=1S/C21H17ClF3N3O2/c22-13-5-6-16-14(9-13)12(11-27-16)7-8-26-17-10-19(29)28(20(17)30)18-4-2-1-3-15(18)21(23,24)25/h1-6,9,11,17,26-27H,7-8,10H2/t17-/m1/s1. The number of amides is 2. The zero-order valence-electron chi connectivity index (χ0n) is 15.6. The van der Waals surface area contributed by atoms with E-state index in [1.165, 1.54) is 12.1 Å². The van der Waals surface area contributed by atoms with Gasteiger partial charge in [-0.15, -0.1) is 0 Å². The number of hydrogen-bond donors (Lipinski definition) is 2. The fraction of sp³-hybridized carbons (Fsp3) is 0.238. The molecule has 1 aromatic heterocycles. The number of hydrogen-bond acceptors (Lipinski definition) is 3. The number of H-pyrrole nitrogens is 1. The number of nitrogens with zero attached hydrogens (tertiary/aromatic N) is 1. The zero-order chi connectivity index (χ0) is 21.5. The highest BCUT2D eigenvalue weighted by molar-refractivity contribution is 6.31. The molecule has 4 rings (SSSR count). The maximum absolute atomic E-state index is 13.3. The van der Waals surface area contributed by atoms with Gasteiger partial charge in [-0.05, 0) is 42.3 Å². The summed E-state index contributed by atoms with van der Waals surface area (Å²) < 4.78 is 39.9. The summed E-state index contributed by atoms with van der Waals surface area (Å²) in [6, 6.07) is 9.20. The summed E-state index contributed by atoms with van der Waals surface area (Å²) in [6.45, 7) is 0.373. The third-order valence-electron chi connectivity index (χ3n) is 5.11. The van der Waals surface area contributed by atoms with E-state index in [0.29, 0.717) is 22.9 Å². The van der Waals surface area contributed by atoms with Gasteiger partial charge in [-0.2, -0.15) is 13.2 Å². The van der Waals surface area contributed by atoms with E-state index in [2.05, 4.69) is 10.3 Å². The molecule has 5 nitrogen and oxygen atoms in total. The average molecular weight is 436 g/mol. The van der Waals surface area contributed by atoms with E-state index >= 15 is 0 Å². The molecule has 2 heterocycles. The van der Waals surface area contributed by atoms with Gasteiger partial charge in [-0.25, -0.2) is 4.90 Å². The summed E-state index contributed by atoms with van der Waals surface area (Å²) in [4.78, 5) is 28.8. The van der Waals surface area contributed by atoms with Crippen molar-refractivity contribution in [3.63, 3.8) is 0 Å². The van der Waals surface area contributed by atoms with Crippen molar-refractivity contribution in [2.24, 2.45) is 0 Å². The van der Waals surface area contributed by atoms with Gasteiger partial charge in [-0.3, -0.25) is 9.59 Å². The molecule has 0 saturated carbocycles. The maximum atomic E-state index is 13.3. The van der Waals surface area contributed by atoms with Crippen molar-refractivity contribution in [2.75, 3.05) is 11.4 Å². The van der Waals surface area contributed by atoms with E-state index in [9.17, 15) is 22.8 Å². The molecular formula is C21H17ClF3N3O2. The average Bonchev–Trinajstić information content (AvgIpc) is 3.21. The second-order valence-electron chi connectivity index (χ2n) is 7.05. The lowest BCUT2D eigenvalue weighted by atomic mass is 10.1. The summed E-state index contributed by atoms with van der Waals surface area (Å²) in [5, 5.41) is 4.56. The minimum absolute atomic E-state index is 0.190. The summed E-state index contributed by atoms with van der Waals surface area (Å²) in [5.41, 5.74) is 0.464. The number of halogens is 4. The fourth-order valence-electron chi connectivity index (χ4n) is 3.69. The van der Waals surface area contributed by atoms with Gasteiger partial charge in [0.2, 0.25) is 5.91 Å². The molecule has 1 saturated heterocycles. The van der Waals surface area contributed by atoms with E-state index in [0.717, 1.165) is 28.6 Å². The third kappa shape index (κ3) is 3.80. The minimum atomic E-state index is -4.67. The van der Waals surface area contributed by atoms with E-state index in [1.54, 1.807) is 6.07 Å². The van der Waals surface area contributed by atoms with Crippen LogP contribution in [0.4, 0.5) is 18.9 Å². The van der Waals surface area contributed by atoms with Crippen LogP contribution in [-0.2, 0) is 22.2 Å². The predicted molar refractivity (Wildman–Crippen MR) is 107 cm³/mol. The molecular weight excluding hydrogens is 419 g/mol. The molecule has 2 N–H and O–H groups in total. The minimum Gasteiger partial charge on any atom is -0.361 e. The topological polar surface area (TPSA) is 65.2 Å². The molecule has 156 valence electrons. The van der Waals surface area contributed by atoms with E-state index in [1.807, 2.05) is 18.3 Å². The van der Waals surface area contributed by atoms with Crippen molar-refractivity contribution in [2.45, 2.75) is 25.1 Å². The monoisotopic (exact) mass is 435 g/mol. The van der Waals surface area contributed by atoms with E-state index < -0.39 is 35.3 Å². The molecule has 1 fully saturated rings. The highest BCUT2D eigenvalue weighted by Gasteiger charge is 2.43.